The minimum absolute atomic E-state index is 0.593. The summed E-state index contributed by atoms with van der Waals surface area (Å²) in [5.74, 6) is 1.03. The van der Waals surface area contributed by atoms with Crippen LogP contribution in [0.2, 0.25) is 0 Å². The Morgan fingerprint density at radius 1 is 1.41 bits per heavy atom. The summed E-state index contributed by atoms with van der Waals surface area (Å²) in [5.41, 5.74) is 2.51. The van der Waals surface area contributed by atoms with E-state index in [0.717, 1.165) is 23.2 Å². The third kappa shape index (κ3) is 3.02. The van der Waals surface area contributed by atoms with Gasteiger partial charge in [0.05, 0.1) is 7.11 Å². The molecule has 0 bridgehead atoms. The summed E-state index contributed by atoms with van der Waals surface area (Å²) in [7, 11) is 1.76. The molecule has 0 spiro atoms. The molecule has 1 aromatic carbocycles. The molecule has 3 heteroatoms. The number of benzene rings is 1. The molecule has 0 aromatic heterocycles. The van der Waals surface area contributed by atoms with Crippen LogP contribution in [0.4, 0.5) is 0 Å². The second-order valence-electron chi connectivity index (χ2n) is 4.73. The number of hydrogen-bond acceptors (Lipinski definition) is 2. The Labute approximate surface area is 112 Å². The van der Waals surface area contributed by atoms with Crippen molar-refractivity contribution in [2.45, 2.75) is 38.6 Å². The van der Waals surface area contributed by atoms with E-state index in [-0.39, 0.29) is 0 Å². The smallest absolute Gasteiger partial charge is 0.126 e. The SMILES string of the molecule is COc1c(C)ccc(Br)c1CC1CCCCN1. The number of rotatable bonds is 3. The Kier molecular flexibility index (Phi) is 4.46. The van der Waals surface area contributed by atoms with Crippen LogP contribution in [0.5, 0.6) is 5.75 Å². The van der Waals surface area contributed by atoms with Crippen molar-refractivity contribution in [3.8, 4) is 5.75 Å². The zero-order valence-corrected chi connectivity index (χ0v) is 12.1. The topological polar surface area (TPSA) is 21.3 Å². The van der Waals surface area contributed by atoms with Gasteiger partial charge in [-0.2, -0.15) is 0 Å². The Morgan fingerprint density at radius 3 is 2.88 bits per heavy atom. The highest BCUT2D eigenvalue weighted by atomic mass is 79.9. The predicted molar refractivity (Wildman–Crippen MR) is 74.8 cm³/mol. The number of piperidine rings is 1. The molecule has 2 rings (SSSR count). The third-order valence-electron chi connectivity index (χ3n) is 3.47. The van der Waals surface area contributed by atoms with Crippen LogP contribution in [0.25, 0.3) is 0 Å². The molecule has 17 heavy (non-hydrogen) atoms. The van der Waals surface area contributed by atoms with Crippen LogP contribution >= 0.6 is 15.9 Å². The maximum absolute atomic E-state index is 5.54. The molecule has 94 valence electrons. The number of halogens is 1. The van der Waals surface area contributed by atoms with Gasteiger partial charge in [-0.25, -0.2) is 0 Å². The highest BCUT2D eigenvalue weighted by Gasteiger charge is 2.18. The lowest BCUT2D eigenvalue weighted by Gasteiger charge is -2.25. The first-order chi connectivity index (χ1) is 8.22. The number of nitrogens with one attached hydrogen (secondary N) is 1. The largest absolute Gasteiger partial charge is 0.496 e. The summed E-state index contributed by atoms with van der Waals surface area (Å²) in [6.07, 6.45) is 4.96. The van der Waals surface area contributed by atoms with Crippen molar-refractivity contribution < 1.29 is 4.74 Å². The number of hydrogen-bond donors (Lipinski definition) is 1. The summed E-state index contributed by atoms with van der Waals surface area (Å²) < 4.78 is 6.70. The van der Waals surface area contributed by atoms with E-state index in [0.29, 0.717) is 6.04 Å². The third-order valence-corrected chi connectivity index (χ3v) is 4.21. The summed E-state index contributed by atoms with van der Waals surface area (Å²) in [5, 5.41) is 3.59. The molecule has 1 unspecified atom stereocenters. The van der Waals surface area contributed by atoms with Gasteiger partial charge in [0, 0.05) is 16.1 Å². The van der Waals surface area contributed by atoms with E-state index < -0.39 is 0 Å². The van der Waals surface area contributed by atoms with Gasteiger partial charge in [0.1, 0.15) is 5.75 Å². The normalized spacial score (nSPS) is 20.3. The first-order valence-corrected chi connectivity index (χ1v) is 7.07. The minimum atomic E-state index is 0.593. The van der Waals surface area contributed by atoms with Gasteiger partial charge < -0.3 is 10.1 Å². The van der Waals surface area contributed by atoms with Crippen LogP contribution < -0.4 is 10.1 Å². The first-order valence-electron chi connectivity index (χ1n) is 6.27. The lowest BCUT2D eigenvalue weighted by Crippen LogP contribution is -2.35. The molecule has 1 N–H and O–H groups in total. The van der Waals surface area contributed by atoms with E-state index in [4.69, 9.17) is 4.74 Å². The fraction of sp³-hybridized carbons (Fsp3) is 0.571. The molecule has 0 radical (unpaired) electrons. The molecule has 1 atom stereocenters. The molecule has 0 saturated carbocycles. The maximum Gasteiger partial charge on any atom is 0.126 e. The summed E-state index contributed by atoms with van der Waals surface area (Å²) >= 11 is 3.64. The average molecular weight is 298 g/mol. The number of methoxy groups -OCH3 is 1. The molecule has 1 aromatic rings. The van der Waals surface area contributed by atoms with Gasteiger partial charge >= 0.3 is 0 Å². The van der Waals surface area contributed by atoms with Gasteiger partial charge in [0.15, 0.2) is 0 Å². The summed E-state index contributed by atoms with van der Waals surface area (Å²) in [4.78, 5) is 0. The van der Waals surface area contributed by atoms with Crippen LogP contribution in [-0.4, -0.2) is 19.7 Å². The molecule has 0 amide bonds. The fourth-order valence-electron chi connectivity index (χ4n) is 2.54. The molecule has 1 aliphatic heterocycles. The van der Waals surface area contributed by atoms with Crippen LogP contribution in [0, 0.1) is 6.92 Å². The monoisotopic (exact) mass is 297 g/mol. The molecule has 1 aliphatic rings. The number of ether oxygens (including phenoxy) is 1. The van der Waals surface area contributed by atoms with Crippen molar-refractivity contribution >= 4 is 15.9 Å². The summed E-state index contributed by atoms with van der Waals surface area (Å²) in [6, 6.07) is 4.81. The van der Waals surface area contributed by atoms with Gasteiger partial charge in [-0.3, -0.25) is 0 Å². The van der Waals surface area contributed by atoms with Gasteiger partial charge in [-0.1, -0.05) is 28.4 Å². The highest BCUT2D eigenvalue weighted by Crippen LogP contribution is 2.32. The number of aryl methyl sites for hydroxylation is 1. The second-order valence-corrected chi connectivity index (χ2v) is 5.58. The van der Waals surface area contributed by atoms with Crippen molar-refractivity contribution in [1.29, 1.82) is 0 Å². The van der Waals surface area contributed by atoms with Crippen LogP contribution in [-0.2, 0) is 6.42 Å². The molecule has 1 heterocycles. The van der Waals surface area contributed by atoms with E-state index in [1.165, 1.54) is 30.4 Å². The Bertz CT molecular complexity index is 386. The van der Waals surface area contributed by atoms with Crippen LogP contribution in [0.1, 0.15) is 30.4 Å². The van der Waals surface area contributed by atoms with Crippen molar-refractivity contribution in [2.75, 3.05) is 13.7 Å². The highest BCUT2D eigenvalue weighted by molar-refractivity contribution is 9.10. The minimum Gasteiger partial charge on any atom is -0.496 e. The molecule has 1 saturated heterocycles. The van der Waals surface area contributed by atoms with Gasteiger partial charge in [-0.05, 0) is 44.4 Å². The molecular formula is C14H20BrNO. The molecular weight excluding hydrogens is 278 g/mol. The van der Waals surface area contributed by atoms with Crippen molar-refractivity contribution in [1.82, 2.24) is 5.32 Å². The standard InChI is InChI=1S/C14H20BrNO/c1-10-6-7-13(15)12(14(10)17-2)9-11-5-3-4-8-16-11/h6-7,11,16H,3-5,8-9H2,1-2H3. The molecule has 1 fully saturated rings. The molecule has 0 aliphatic carbocycles. The predicted octanol–water partition coefficient (Wildman–Crippen LogP) is 3.45. The second kappa shape index (κ2) is 5.87. The Hall–Kier alpha value is -0.540. The van der Waals surface area contributed by atoms with Crippen molar-refractivity contribution in [3.05, 3.63) is 27.7 Å². The van der Waals surface area contributed by atoms with Gasteiger partial charge in [0.2, 0.25) is 0 Å². The Balaban J connectivity index is 2.21. The lowest BCUT2D eigenvalue weighted by atomic mass is 9.96. The van der Waals surface area contributed by atoms with E-state index in [1.54, 1.807) is 7.11 Å². The first kappa shape index (κ1) is 12.9. The van der Waals surface area contributed by atoms with Gasteiger partial charge in [-0.15, -0.1) is 0 Å². The van der Waals surface area contributed by atoms with Gasteiger partial charge in [0.25, 0.3) is 0 Å². The van der Waals surface area contributed by atoms with Crippen molar-refractivity contribution in [2.24, 2.45) is 0 Å². The van der Waals surface area contributed by atoms with E-state index in [2.05, 4.69) is 40.3 Å². The van der Waals surface area contributed by atoms with Crippen LogP contribution in [0.3, 0.4) is 0 Å². The zero-order chi connectivity index (χ0) is 12.3. The Morgan fingerprint density at radius 2 is 2.24 bits per heavy atom. The van der Waals surface area contributed by atoms with Crippen LogP contribution in [0.15, 0.2) is 16.6 Å². The quantitative estimate of drug-likeness (QED) is 0.923. The average Bonchev–Trinajstić information content (AvgIpc) is 2.35. The lowest BCUT2D eigenvalue weighted by molar-refractivity contribution is 0.379. The van der Waals surface area contributed by atoms with E-state index >= 15 is 0 Å². The maximum atomic E-state index is 5.54. The zero-order valence-electron chi connectivity index (χ0n) is 10.6. The molecule has 2 nitrogen and oxygen atoms in total. The van der Waals surface area contributed by atoms with E-state index in [1.807, 2.05) is 0 Å². The van der Waals surface area contributed by atoms with Crippen molar-refractivity contribution in [3.63, 3.8) is 0 Å². The fourth-order valence-corrected chi connectivity index (χ4v) is 3.01. The van der Waals surface area contributed by atoms with E-state index in [9.17, 15) is 0 Å². The summed E-state index contributed by atoms with van der Waals surface area (Å²) in [6.45, 7) is 3.25.